The third-order valence-corrected chi connectivity index (χ3v) is 5.89. The predicted octanol–water partition coefficient (Wildman–Crippen LogP) is 4.17. The second-order valence-electron chi connectivity index (χ2n) is 8.25. The van der Waals surface area contributed by atoms with Crippen LogP contribution in [-0.4, -0.2) is 47.1 Å². The Kier molecular flexibility index (Phi) is 7.70. The standard InChI is InChI=1S/C27H29FN2O3/c28-24-12-6-5-11-23(24)26-20-29(19-22-10-4-7-13-25(22)33-26)15-14-27(32)30(16-17-31)18-21-8-2-1-3-9-21/h1-13,26,31H,14-20H2/t26-/m0/s1. The lowest BCUT2D eigenvalue weighted by Crippen LogP contribution is -2.37. The molecule has 0 bridgehead atoms. The van der Waals surface area contributed by atoms with Crippen LogP contribution in [0.1, 0.15) is 29.2 Å². The maximum atomic E-state index is 14.5. The summed E-state index contributed by atoms with van der Waals surface area (Å²) in [6, 6.07) is 24.2. The zero-order valence-corrected chi connectivity index (χ0v) is 18.6. The van der Waals surface area contributed by atoms with Gasteiger partial charge in [-0.3, -0.25) is 9.69 Å². The minimum atomic E-state index is -0.470. The van der Waals surface area contributed by atoms with Crippen LogP contribution < -0.4 is 4.74 Å². The highest BCUT2D eigenvalue weighted by Gasteiger charge is 2.26. The first-order valence-corrected chi connectivity index (χ1v) is 11.3. The third kappa shape index (κ3) is 5.97. The van der Waals surface area contributed by atoms with E-state index in [1.165, 1.54) is 6.07 Å². The lowest BCUT2D eigenvalue weighted by Gasteiger charge is -2.26. The molecule has 0 radical (unpaired) electrons. The lowest BCUT2D eigenvalue weighted by molar-refractivity contribution is -0.132. The number of aliphatic hydroxyl groups is 1. The van der Waals surface area contributed by atoms with E-state index in [4.69, 9.17) is 4.74 Å². The van der Waals surface area contributed by atoms with Gasteiger partial charge in [0.1, 0.15) is 17.7 Å². The van der Waals surface area contributed by atoms with E-state index < -0.39 is 6.10 Å². The van der Waals surface area contributed by atoms with Crippen molar-refractivity contribution in [1.82, 2.24) is 9.80 Å². The summed E-state index contributed by atoms with van der Waals surface area (Å²) in [5.41, 5.74) is 2.55. The van der Waals surface area contributed by atoms with Crippen LogP contribution in [0.3, 0.4) is 0 Å². The first-order chi connectivity index (χ1) is 16.1. The zero-order valence-electron chi connectivity index (χ0n) is 18.6. The first-order valence-electron chi connectivity index (χ1n) is 11.3. The van der Waals surface area contributed by atoms with Crippen LogP contribution in [0.25, 0.3) is 0 Å². The molecule has 172 valence electrons. The van der Waals surface area contributed by atoms with E-state index in [-0.39, 0.29) is 24.9 Å². The Balaban J connectivity index is 1.47. The Morgan fingerprint density at radius 2 is 1.76 bits per heavy atom. The highest BCUT2D eigenvalue weighted by molar-refractivity contribution is 5.76. The van der Waals surface area contributed by atoms with E-state index in [0.29, 0.717) is 38.2 Å². The van der Waals surface area contributed by atoms with Crippen LogP contribution in [0.4, 0.5) is 4.39 Å². The lowest BCUT2D eigenvalue weighted by atomic mass is 10.1. The van der Waals surface area contributed by atoms with Gasteiger partial charge in [-0.2, -0.15) is 0 Å². The molecule has 0 spiro atoms. The molecule has 1 N–H and O–H groups in total. The van der Waals surface area contributed by atoms with E-state index in [1.807, 2.05) is 60.7 Å². The van der Waals surface area contributed by atoms with Crippen molar-refractivity contribution >= 4 is 5.91 Å². The molecule has 4 rings (SSSR count). The number of para-hydroxylation sites is 1. The van der Waals surface area contributed by atoms with Crippen molar-refractivity contribution < 1.29 is 19.0 Å². The van der Waals surface area contributed by atoms with Crippen molar-refractivity contribution in [2.75, 3.05) is 26.2 Å². The predicted molar refractivity (Wildman–Crippen MR) is 125 cm³/mol. The Morgan fingerprint density at radius 3 is 2.55 bits per heavy atom. The number of nitrogens with zero attached hydrogens (tertiary/aromatic N) is 2. The topological polar surface area (TPSA) is 53.0 Å². The summed E-state index contributed by atoms with van der Waals surface area (Å²) in [5, 5.41) is 9.46. The van der Waals surface area contributed by atoms with Crippen molar-refractivity contribution in [2.45, 2.75) is 25.6 Å². The van der Waals surface area contributed by atoms with E-state index in [9.17, 15) is 14.3 Å². The number of aliphatic hydroxyl groups excluding tert-OH is 1. The van der Waals surface area contributed by atoms with Crippen molar-refractivity contribution in [3.8, 4) is 5.75 Å². The maximum Gasteiger partial charge on any atom is 0.224 e. The molecule has 1 atom stereocenters. The smallest absolute Gasteiger partial charge is 0.224 e. The molecule has 33 heavy (non-hydrogen) atoms. The first kappa shape index (κ1) is 23.0. The molecule has 0 aromatic heterocycles. The van der Waals surface area contributed by atoms with E-state index in [1.54, 1.807) is 17.0 Å². The summed E-state index contributed by atoms with van der Waals surface area (Å²) in [4.78, 5) is 16.8. The van der Waals surface area contributed by atoms with E-state index in [2.05, 4.69) is 4.90 Å². The Hall–Kier alpha value is -3.22. The highest BCUT2D eigenvalue weighted by atomic mass is 19.1. The largest absolute Gasteiger partial charge is 0.484 e. The third-order valence-electron chi connectivity index (χ3n) is 5.89. The molecule has 3 aromatic carbocycles. The second-order valence-corrected chi connectivity index (χ2v) is 8.25. The number of hydrogen-bond donors (Lipinski definition) is 1. The number of hydrogen-bond acceptors (Lipinski definition) is 4. The molecule has 1 amide bonds. The molecule has 6 heteroatoms. The molecule has 3 aromatic rings. The van der Waals surface area contributed by atoms with Crippen LogP contribution in [-0.2, 0) is 17.9 Å². The number of ether oxygens (including phenoxy) is 1. The van der Waals surface area contributed by atoms with E-state index in [0.717, 1.165) is 16.9 Å². The molecule has 0 saturated heterocycles. The van der Waals surface area contributed by atoms with Gasteiger partial charge >= 0.3 is 0 Å². The quantitative estimate of drug-likeness (QED) is 0.562. The van der Waals surface area contributed by atoms with Gasteiger partial charge in [-0.25, -0.2) is 4.39 Å². The Bertz CT molecular complexity index is 1060. The highest BCUT2D eigenvalue weighted by Crippen LogP contribution is 2.32. The van der Waals surface area contributed by atoms with Crippen LogP contribution in [0, 0.1) is 5.82 Å². The summed E-state index contributed by atoms with van der Waals surface area (Å²) in [5.74, 6) is 0.425. The van der Waals surface area contributed by atoms with Gasteiger partial charge in [-0.05, 0) is 17.7 Å². The monoisotopic (exact) mass is 448 g/mol. The fourth-order valence-corrected chi connectivity index (χ4v) is 4.18. The fraction of sp³-hybridized carbons (Fsp3) is 0.296. The molecule has 5 nitrogen and oxygen atoms in total. The van der Waals surface area contributed by atoms with Gasteiger partial charge in [-0.15, -0.1) is 0 Å². The average molecular weight is 449 g/mol. The molecule has 0 saturated carbocycles. The van der Waals surface area contributed by atoms with Crippen molar-refractivity contribution in [1.29, 1.82) is 0 Å². The van der Waals surface area contributed by atoms with Crippen molar-refractivity contribution in [3.63, 3.8) is 0 Å². The summed E-state index contributed by atoms with van der Waals surface area (Å²) in [7, 11) is 0. The minimum Gasteiger partial charge on any atom is -0.484 e. The van der Waals surface area contributed by atoms with Crippen molar-refractivity contribution in [2.24, 2.45) is 0 Å². The summed E-state index contributed by atoms with van der Waals surface area (Å²) < 4.78 is 20.8. The second kappa shape index (κ2) is 11.1. The number of carbonyl (C=O) groups is 1. The van der Waals surface area contributed by atoms with Crippen LogP contribution in [0.15, 0.2) is 78.9 Å². The number of halogens is 1. The normalized spacial score (nSPS) is 15.9. The molecule has 1 heterocycles. The van der Waals surface area contributed by atoms with Gasteiger partial charge in [0.05, 0.1) is 6.61 Å². The molecular weight excluding hydrogens is 419 g/mol. The van der Waals surface area contributed by atoms with Gasteiger partial charge in [-0.1, -0.05) is 66.7 Å². The molecule has 1 aliphatic heterocycles. The van der Waals surface area contributed by atoms with E-state index >= 15 is 0 Å². The molecule has 0 aliphatic carbocycles. The summed E-state index contributed by atoms with van der Waals surface area (Å²) in [6.45, 7) is 2.27. The van der Waals surface area contributed by atoms with Gasteiger partial charge in [0.15, 0.2) is 0 Å². The average Bonchev–Trinajstić information content (AvgIpc) is 3.02. The fourth-order valence-electron chi connectivity index (χ4n) is 4.18. The molecule has 0 unspecified atom stereocenters. The van der Waals surface area contributed by atoms with Gasteiger partial charge in [0.25, 0.3) is 0 Å². The number of fused-ring (bicyclic) bond motifs is 1. The molecule has 1 aliphatic rings. The number of carbonyl (C=O) groups excluding carboxylic acids is 1. The zero-order chi connectivity index (χ0) is 23.0. The summed E-state index contributed by atoms with van der Waals surface area (Å²) in [6.07, 6.45) is -0.165. The number of benzene rings is 3. The van der Waals surface area contributed by atoms with Gasteiger partial charge in [0, 0.05) is 50.3 Å². The number of rotatable bonds is 8. The van der Waals surface area contributed by atoms with Crippen LogP contribution >= 0.6 is 0 Å². The van der Waals surface area contributed by atoms with Crippen LogP contribution in [0.2, 0.25) is 0 Å². The number of amides is 1. The van der Waals surface area contributed by atoms with Crippen LogP contribution in [0.5, 0.6) is 5.75 Å². The Labute approximate surface area is 194 Å². The molecule has 0 fully saturated rings. The maximum absolute atomic E-state index is 14.5. The minimum absolute atomic E-state index is 0.0196. The summed E-state index contributed by atoms with van der Waals surface area (Å²) >= 11 is 0. The SMILES string of the molecule is O=C(CCN1Cc2ccccc2O[C@H](c2ccccc2F)C1)N(CCO)Cc1ccccc1. The van der Waals surface area contributed by atoms with Gasteiger partial charge < -0.3 is 14.7 Å². The Morgan fingerprint density at radius 1 is 1.03 bits per heavy atom. The van der Waals surface area contributed by atoms with Gasteiger partial charge in [0.2, 0.25) is 5.91 Å². The van der Waals surface area contributed by atoms with Crippen molar-refractivity contribution in [3.05, 3.63) is 101 Å². The molecular formula is C27H29FN2O3.